The Kier molecular flexibility index (Phi) is 7.10. The zero-order valence-corrected chi connectivity index (χ0v) is 18.3. The van der Waals surface area contributed by atoms with Crippen molar-refractivity contribution >= 4 is 39.4 Å². The molecule has 0 bridgehead atoms. The number of carbonyl (C=O) groups excluding carboxylic acids is 1. The maximum Gasteiger partial charge on any atom is 0.417 e. The van der Waals surface area contributed by atoms with Gasteiger partial charge in [0.15, 0.2) is 0 Å². The number of halogens is 4. The lowest BCUT2D eigenvalue weighted by Gasteiger charge is -2.23. The Morgan fingerprint density at radius 3 is 2.62 bits per heavy atom. The normalized spacial score (nSPS) is 15.3. The van der Waals surface area contributed by atoms with Gasteiger partial charge in [0, 0.05) is 41.7 Å². The van der Waals surface area contributed by atoms with Crippen molar-refractivity contribution < 1.29 is 18.0 Å². The summed E-state index contributed by atoms with van der Waals surface area (Å²) in [4.78, 5) is 21.4. The Bertz CT molecular complexity index is 861. The summed E-state index contributed by atoms with van der Waals surface area (Å²) in [6, 6.07) is 8.42. The molecule has 0 spiro atoms. The lowest BCUT2D eigenvalue weighted by Crippen LogP contribution is -2.36. The van der Waals surface area contributed by atoms with Gasteiger partial charge >= 0.3 is 6.18 Å². The van der Waals surface area contributed by atoms with E-state index in [2.05, 4.69) is 20.9 Å². The van der Waals surface area contributed by atoms with E-state index in [1.807, 2.05) is 34.9 Å². The number of alkyl halides is 3. The molecular weight excluding hydrogens is 467 g/mol. The van der Waals surface area contributed by atoms with Crippen molar-refractivity contribution in [2.45, 2.75) is 24.4 Å². The van der Waals surface area contributed by atoms with E-state index in [1.165, 1.54) is 17.8 Å². The minimum atomic E-state index is -4.39. The first kappa shape index (κ1) is 22.0. The highest BCUT2D eigenvalue weighted by Gasteiger charge is 2.31. The summed E-state index contributed by atoms with van der Waals surface area (Å²) < 4.78 is 39.1. The van der Waals surface area contributed by atoms with E-state index in [0.29, 0.717) is 37.7 Å². The van der Waals surface area contributed by atoms with Crippen LogP contribution in [0.25, 0.3) is 0 Å². The van der Waals surface area contributed by atoms with Crippen molar-refractivity contribution in [2.75, 3.05) is 36.8 Å². The van der Waals surface area contributed by atoms with Crippen LogP contribution in [0.2, 0.25) is 0 Å². The van der Waals surface area contributed by atoms with Gasteiger partial charge < -0.3 is 9.80 Å². The second-order valence-electron chi connectivity index (χ2n) is 6.82. The number of amides is 1. The molecule has 29 heavy (non-hydrogen) atoms. The van der Waals surface area contributed by atoms with E-state index in [9.17, 15) is 18.0 Å². The average Bonchev–Trinajstić information content (AvgIpc) is 2.93. The number of nitrogens with zero attached hydrogens (tertiary/aromatic N) is 3. The number of hydrogen-bond acceptors (Lipinski definition) is 4. The Morgan fingerprint density at radius 2 is 1.97 bits per heavy atom. The van der Waals surface area contributed by atoms with Crippen molar-refractivity contribution in [1.82, 2.24) is 9.88 Å². The van der Waals surface area contributed by atoms with E-state index in [4.69, 9.17) is 0 Å². The number of aryl methyl sites for hydroxylation is 1. The molecule has 0 saturated carbocycles. The van der Waals surface area contributed by atoms with E-state index in [-0.39, 0.29) is 5.91 Å². The molecule has 1 aliphatic rings. The van der Waals surface area contributed by atoms with Crippen LogP contribution in [0.15, 0.2) is 45.9 Å². The Balaban J connectivity index is 1.55. The minimum absolute atomic E-state index is 0.0690. The molecule has 1 saturated heterocycles. The molecule has 1 aromatic carbocycles. The third kappa shape index (κ3) is 5.88. The van der Waals surface area contributed by atoms with Crippen molar-refractivity contribution in [2.24, 2.45) is 0 Å². The number of pyridine rings is 1. The number of rotatable bonds is 4. The largest absolute Gasteiger partial charge is 0.417 e. The highest BCUT2D eigenvalue weighted by Crippen LogP contribution is 2.29. The van der Waals surface area contributed by atoms with Crippen LogP contribution in [0.1, 0.15) is 17.5 Å². The van der Waals surface area contributed by atoms with Gasteiger partial charge in [0.2, 0.25) is 5.91 Å². The lowest BCUT2D eigenvalue weighted by atomic mass is 10.2. The zero-order chi connectivity index (χ0) is 21.0. The number of thioether (sulfide) groups is 1. The van der Waals surface area contributed by atoms with Gasteiger partial charge in [0.1, 0.15) is 5.82 Å². The Hall–Kier alpha value is -1.74. The topological polar surface area (TPSA) is 36.4 Å². The van der Waals surface area contributed by atoms with Gasteiger partial charge in [-0.3, -0.25) is 4.79 Å². The molecule has 0 radical (unpaired) electrons. The molecular formula is C20H21BrF3N3OS. The third-order valence-corrected chi connectivity index (χ3v) is 6.39. The fourth-order valence-electron chi connectivity index (χ4n) is 3.14. The molecule has 156 valence electrons. The summed E-state index contributed by atoms with van der Waals surface area (Å²) in [5.74, 6) is 0.938. The van der Waals surface area contributed by atoms with Gasteiger partial charge in [0.25, 0.3) is 0 Å². The van der Waals surface area contributed by atoms with Crippen LogP contribution >= 0.6 is 27.7 Å². The van der Waals surface area contributed by atoms with Gasteiger partial charge in [-0.25, -0.2) is 4.98 Å². The first-order valence-corrected chi connectivity index (χ1v) is 11.0. The summed E-state index contributed by atoms with van der Waals surface area (Å²) in [5.41, 5.74) is 0.362. The van der Waals surface area contributed by atoms with E-state index < -0.39 is 11.7 Å². The van der Waals surface area contributed by atoms with Gasteiger partial charge in [0.05, 0.1) is 11.3 Å². The Morgan fingerprint density at radius 1 is 1.17 bits per heavy atom. The van der Waals surface area contributed by atoms with Gasteiger partial charge in [-0.15, -0.1) is 11.8 Å². The van der Waals surface area contributed by atoms with Crippen molar-refractivity contribution in [1.29, 1.82) is 0 Å². The van der Waals surface area contributed by atoms with Crippen LogP contribution in [0.3, 0.4) is 0 Å². The highest BCUT2D eigenvalue weighted by atomic mass is 79.9. The first-order valence-electron chi connectivity index (χ1n) is 9.19. The van der Waals surface area contributed by atoms with Crippen LogP contribution in [-0.2, 0) is 11.0 Å². The van der Waals surface area contributed by atoms with Crippen LogP contribution < -0.4 is 4.90 Å². The monoisotopic (exact) mass is 487 g/mol. The zero-order valence-electron chi connectivity index (χ0n) is 15.9. The summed E-state index contributed by atoms with van der Waals surface area (Å²) in [5, 5.41) is 0. The van der Waals surface area contributed by atoms with Crippen molar-refractivity contribution in [3.63, 3.8) is 0 Å². The molecule has 3 rings (SSSR count). The van der Waals surface area contributed by atoms with Crippen LogP contribution in [-0.4, -0.2) is 47.7 Å². The molecule has 1 amide bonds. The first-order chi connectivity index (χ1) is 13.7. The second kappa shape index (κ2) is 9.38. The minimum Gasteiger partial charge on any atom is -0.355 e. The smallest absolute Gasteiger partial charge is 0.355 e. The van der Waals surface area contributed by atoms with E-state index in [1.54, 1.807) is 0 Å². The van der Waals surface area contributed by atoms with E-state index in [0.717, 1.165) is 33.6 Å². The van der Waals surface area contributed by atoms with Gasteiger partial charge in [-0.05, 0) is 49.2 Å². The molecule has 9 heteroatoms. The average molecular weight is 488 g/mol. The number of aromatic nitrogens is 1. The maximum atomic E-state index is 12.7. The number of anilines is 1. The maximum absolute atomic E-state index is 12.7. The molecule has 0 atom stereocenters. The quantitative estimate of drug-likeness (QED) is 0.568. The molecule has 1 aromatic heterocycles. The molecule has 4 nitrogen and oxygen atoms in total. The summed E-state index contributed by atoms with van der Waals surface area (Å²) in [6.07, 6.45) is -2.78. The van der Waals surface area contributed by atoms with Gasteiger partial charge in [-0.2, -0.15) is 13.2 Å². The third-order valence-electron chi connectivity index (χ3n) is 4.74. The standard InChI is InChI=1S/C20H21BrF3N3OS/c1-14-11-16(21)4-5-17(14)29-13-19(28)27-8-2-7-26(9-10-27)18-6-3-15(12-25-18)20(22,23)24/h3-6,11-12H,2,7-10,13H2,1H3. The molecule has 1 aliphatic heterocycles. The molecule has 0 N–H and O–H groups in total. The van der Waals surface area contributed by atoms with Crippen LogP contribution in [0.4, 0.5) is 19.0 Å². The van der Waals surface area contributed by atoms with Crippen LogP contribution in [0, 0.1) is 6.92 Å². The highest BCUT2D eigenvalue weighted by molar-refractivity contribution is 9.10. The number of benzene rings is 1. The summed E-state index contributed by atoms with van der Waals surface area (Å²) in [6.45, 7) is 4.38. The summed E-state index contributed by atoms with van der Waals surface area (Å²) >= 11 is 4.96. The predicted molar refractivity (Wildman–Crippen MR) is 112 cm³/mol. The van der Waals surface area contributed by atoms with Crippen molar-refractivity contribution in [3.05, 3.63) is 52.1 Å². The SMILES string of the molecule is Cc1cc(Br)ccc1SCC(=O)N1CCCN(c2ccc(C(F)(F)F)cn2)CC1. The molecule has 2 heterocycles. The van der Waals surface area contributed by atoms with Crippen LogP contribution in [0.5, 0.6) is 0 Å². The molecule has 0 unspecified atom stereocenters. The second-order valence-corrected chi connectivity index (χ2v) is 8.76. The number of hydrogen-bond donors (Lipinski definition) is 0. The predicted octanol–water partition coefficient (Wildman–Crippen LogP) is 5.00. The lowest BCUT2D eigenvalue weighted by molar-refractivity contribution is -0.137. The fourth-order valence-corrected chi connectivity index (χ4v) is 4.53. The fraction of sp³-hybridized carbons (Fsp3) is 0.400. The molecule has 1 fully saturated rings. The summed E-state index contributed by atoms with van der Waals surface area (Å²) in [7, 11) is 0. The Labute approximate surface area is 180 Å². The van der Waals surface area contributed by atoms with Crippen molar-refractivity contribution in [3.8, 4) is 0 Å². The number of carbonyl (C=O) groups is 1. The molecule has 2 aromatic rings. The van der Waals surface area contributed by atoms with E-state index >= 15 is 0 Å². The van der Waals surface area contributed by atoms with Gasteiger partial charge in [-0.1, -0.05) is 15.9 Å². The molecule has 0 aliphatic carbocycles.